The number of aliphatic hydroxyl groups excluding tert-OH is 1. The van der Waals surface area contributed by atoms with Crippen molar-refractivity contribution in [2.45, 2.75) is 39.2 Å². The van der Waals surface area contributed by atoms with E-state index in [2.05, 4.69) is 10.2 Å². The van der Waals surface area contributed by atoms with Gasteiger partial charge in [0.25, 0.3) is 0 Å². The van der Waals surface area contributed by atoms with E-state index in [1.807, 2.05) is 45.0 Å². The molecule has 0 heterocycles. The molecule has 0 atom stereocenters. The topological polar surface area (TPSA) is 78.6 Å². The van der Waals surface area contributed by atoms with Gasteiger partial charge in [0.15, 0.2) is 0 Å². The Balaban J connectivity index is 2.77. The minimum absolute atomic E-state index is 0.120. The second-order valence-electron chi connectivity index (χ2n) is 5.17. The summed E-state index contributed by atoms with van der Waals surface area (Å²) in [7, 11) is 0. The first kappa shape index (κ1) is 17.5. The van der Waals surface area contributed by atoms with Gasteiger partial charge in [0.2, 0.25) is 5.91 Å². The van der Waals surface area contributed by atoms with Crippen LogP contribution in [0.25, 0.3) is 0 Å². The van der Waals surface area contributed by atoms with Gasteiger partial charge >= 0.3 is 0 Å². The van der Waals surface area contributed by atoms with Crippen LogP contribution in [0.15, 0.2) is 24.3 Å². The number of carbonyl (C=O) groups is 1. The molecule has 0 aliphatic rings. The van der Waals surface area contributed by atoms with E-state index >= 15 is 0 Å². The van der Waals surface area contributed by atoms with E-state index < -0.39 is 5.54 Å². The second kappa shape index (κ2) is 8.00. The van der Waals surface area contributed by atoms with Gasteiger partial charge in [-0.2, -0.15) is 0 Å². The zero-order valence-electron chi connectivity index (χ0n) is 13.2. The van der Waals surface area contributed by atoms with Crippen LogP contribution >= 0.6 is 0 Å². The molecular weight excluding hydrogens is 266 g/mol. The van der Waals surface area contributed by atoms with Crippen molar-refractivity contribution in [1.29, 1.82) is 0 Å². The molecule has 0 saturated carbocycles. The zero-order chi connectivity index (χ0) is 15.9. The normalized spacial score (nSPS) is 11.3. The quantitative estimate of drug-likeness (QED) is 0.684. The Bertz CT molecular complexity index is 441. The summed E-state index contributed by atoms with van der Waals surface area (Å²) >= 11 is 0. The van der Waals surface area contributed by atoms with Gasteiger partial charge in [-0.3, -0.25) is 4.79 Å². The lowest BCUT2D eigenvalue weighted by Gasteiger charge is -2.25. The number of anilines is 2. The lowest BCUT2D eigenvalue weighted by molar-refractivity contribution is -0.121. The van der Waals surface area contributed by atoms with E-state index in [0.29, 0.717) is 19.4 Å². The van der Waals surface area contributed by atoms with Crippen molar-refractivity contribution in [1.82, 2.24) is 0 Å². The molecule has 0 radical (unpaired) electrons. The van der Waals surface area contributed by atoms with Crippen LogP contribution in [0.4, 0.5) is 11.4 Å². The predicted molar refractivity (Wildman–Crippen MR) is 87.5 cm³/mol. The summed E-state index contributed by atoms with van der Waals surface area (Å²) < 4.78 is 0. The van der Waals surface area contributed by atoms with E-state index in [-0.39, 0.29) is 12.5 Å². The smallest absolute Gasteiger partial charge is 0.244 e. The molecule has 0 aromatic heterocycles. The van der Waals surface area contributed by atoms with E-state index in [1.165, 1.54) is 0 Å². The number of hydrogen-bond acceptors (Lipinski definition) is 4. The summed E-state index contributed by atoms with van der Waals surface area (Å²) in [6.45, 7) is 7.41. The van der Waals surface area contributed by atoms with Crippen LogP contribution in [0, 0.1) is 0 Å². The number of hydrogen-bond donors (Lipinski definition) is 3. The van der Waals surface area contributed by atoms with Crippen LogP contribution < -0.4 is 16.0 Å². The Morgan fingerprint density at radius 2 is 1.81 bits per heavy atom. The summed E-state index contributed by atoms with van der Waals surface area (Å²) in [6.07, 6.45) is 1.21. The molecule has 1 amide bonds. The van der Waals surface area contributed by atoms with Crippen molar-refractivity contribution >= 4 is 17.3 Å². The van der Waals surface area contributed by atoms with Gasteiger partial charge in [0.1, 0.15) is 0 Å². The lowest BCUT2D eigenvalue weighted by atomic mass is 9.93. The average Bonchev–Trinajstić information content (AvgIpc) is 2.52. The standard InChI is InChI=1S/C16H27N3O2/c1-4-16(17,5-2)15(21)18-13-7-9-14(10-8-13)19(6-3)11-12-20/h7-10,20H,4-6,11-12,17H2,1-3H3,(H,18,21). The first-order valence-electron chi connectivity index (χ1n) is 7.56. The van der Waals surface area contributed by atoms with Crippen LogP contribution in [0.5, 0.6) is 0 Å². The van der Waals surface area contributed by atoms with E-state index in [0.717, 1.165) is 17.9 Å². The fraction of sp³-hybridized carbons (Fsp3) is 0.562. The van der Waals surface area contributed by atoms with Gasteiger partial charge in [-0.15, -0.1) is 0 Å². The van der Waals surface area contributed by atoms with Crippen molar-refractivity contribution in [3.63, 3.8) is 0 Å². The van der Waals surface area contributed by atoms with Gasteiger partial charge in [-0.05, 0) is 44.0 Å². The highest BCUT2D eigenvalue weighted by molar-refractivity contribution is 5.98. The Kier molecular flexibility index (Phi) is 6.65. The molecule has 0 unspecified atom stereocenters. The molecule has 0 aliphatic heterocycles. The molecule has 0 spiro atoms. The number of nitrogens with one attached hydrogen (secondary N) is 1. The number of likely N-dealkylation sites (N-methyl/N-ethyl adjacent to an activating group) is 1. The Morgan fingerprint density at radius 1 is 1.24 bits per heavy atom. The number of nitrogens with zero attached hydrogens (tertiary/aromatic N) is 1. The van der Waals surface area contributed by atoms with Crippen LogP contribution in [-0.2, 0) is 4.79 Å². The molecule has 5 nitrogen and oxygen atoms in total. The average molecular weight is 293 g/mol. The molecule has 0 aliphatic carbocycles. The minimum atomic E-state index is -0.814. The molecule has 5 heteroatoms. The molecule has 1 aromatic carbocycles. The number of benzene rings is 1. The fourth-order valence-corrected chi connectivity index (χ4v) is 2.17. The van der Waals surface area contributed by atoms with Crippen molar-refractivity contribution in [2.24, 2.45) is 5.73 Å². The Hall–Kier alpha value is -1.59. The highest BCUT2D eigenvalue weighted by Crippen LogP contribution is 2.20. The summed E-state index contributed by atoms with van der Waals surface area (Å²) in [5.41, 5.74) is 7.02. The molecule has 0 bridgehead atoms. The fourth-order valence-electron chi connectivity index (χ4n) is 2.17. The lowest BCUT2D eigenvalue weighted by Crippen LogP contribution is -2.50. The van der Waals surface area contributed by atoms with Crippen molar-refractivity contribution in [3.8, 4) is 0 Å². The maximum atomic E-state index is 12.2. The number of aliphatic hydroxyl groups is 1. The van der Waals surface area contributed by atoms with E-state index in [1.54, 1.807) is 0 Å². The van der Waals surface area contributed by atoms with Crippen LogP contribution in [-0.4, -0.2) is 36.2 Å². The molecule has 1 aromatic rings. The third kappa shape index (κ3) is 4.44. The summed E-state index contributed by atoms with van der Waals surface area (Å²) in [4.78, 5) is 14.3. The highest BCUT2D eigenvalue weighted by Gasteiger charge is 2.29. The first-order valence-corrected chi connectivity index (χ1v) is 7.56. The third-order valence-corrected chi connectivity index (χ3v) is 3.96. The van der Waals surface area contributed by atoms with Gasteiger partial charge in [0.05, 0.1) is 12.1 Å². The SMILES string of the molecule is CCN(CCO)c1ccc(NC(=O)C(N)(CC)CC)cc1. The number of rotatable bonds is 8. The molecule has 4 N–H and O–H groups in total. The minimum Gasteiger partial charge on any atom is -0.395 e. The van der Waals surface area contributed by atoms with E-state index in [4.69, 9.17) is 10.8 Å². The van der Waals surface area contributed by atoms with Gasteiger partial charge < -0.3 is 21.1 Å². The number of carbonyl (C=O) groups excluding carboxylic acids is 1. The molecule has 0 fully saturated rings. The summed E-state index contributed by atoms with van der Waals surface area (Å²) in [6, 6.07) is 7.59. The predicted octanol–water partition coefficient (Wildman–Crippen LogP) is 1.96. The number of amides is 1. The molecule has 1 rings (SSSR count). The Morgan fingerprint density at radius 3 is 2.24 bits per heavy atom. The third-order valence-electron chi connectivity index (χ3n) is 3.96. The maximum absolute atomic E-state index is 12.2. The highest BCUT2D eigenvalue weighted by atomic mass is 16.3. The largest absolute Gasteiger partial charge is 0.395 e. The molecule has 21 heavy (non-hydrogen) atoms. The summed E-state index contributed by atoms with van der Waals surface area (Å²) in [5, 5.41) is 11.9. The van der Waals surface area contributed by atoms with Crippen molar-refractivity contribution in [2.75, 3.05) is 29.9 Å². The van der Waals surface area contributed by atoms with Crippen molar-refractivity contribution in [3.05, 3.63) is 24.3 Å². The second-order valence-corrected chi connectivity index (χ2v) is 5.17. The van der Waals surface area contributed by atoms with E-state index in [9.17, 15) is 4.79 Å². The van der Waals surface area contributed by atoms with Gasteiger partial charge in [0, 0.05) is 24.5 Å². The van der Waals surface area contributed by atoms with Gasteiger partial charge in [-0.1, -0.05) is 13.8 Å². The molecular formula is C16H27N3O2. The number of nitrogens with two attached hydrogens (primary N) is 1. The Labute approximate surface area is 127 Å². The first-order chi connectivity index (χ1) is 10.0. The molecule has 0 saturated heterocycles. The van der Waals surface area contributed by atoms with Gasteiger partial charge in [-0.25, -0.2) is 0 Å². The van der Waals surface area contributed by atoms with Crippen LogP contribution in [0.2, 0.25) is 0 Å². The maximum Gasteiger partial charge on any atom is 0.244 e. The van der Waals surface area contributed by atoms with Crippen LogP contribution in [0.1, 0.15) is 33.6 Å². The monoisotopic (exact) mass is 293 g/mol. The summed E-state index contributed by atoms with van der Waals surface area (Å²) in [5.74, 6) is -0.150. The van der Waals surface area contributed by atoms with Crippen LogP contribution in [0.3, 0.4) is 0 Å². The zero-order valence-corrected chi connectivity index (χ0v) is 13.2. The van der Waals surface area contributed by atoms with Crippen molar-refractivity contribution < 1.29 is 9.90 Å². The molecule has 118 valence electrons.